The second-order valence-corrected chi connectivity index (χ2v) is 6.59. The van der Waals surface area contributed by atoms with Crippen LogP contribution >= 0.6 is 0 Å². The molecule has 3 atom stereocenters. The van der Waals surface area contributed by atoms with Gasteiger partial charge in [-0.3, -0.25) is 9.59 Å². The van der Waals surface area contributed by atoms with Crippen molar-refractivity contribution in [2.75, 3.05) is 7.11 Å². The fraction of sp³-hybridized carbons (Fsp3) is 0.333. The largest absolute Gasteiger partial charge is 0.497 e. The van der Waals surface area contributed by atoms with E-state index in [1.165, 1.54) is 0 Å². The summed E-state index contributed by atoms with van der Waals surface area (Å²) in [6.07, 6.45) is 0.743. The highest BCUT2D eigenvalue weighted by Crippen LogP contribution is 2.44. The third-order valence-corrected chi connectivity index (χ3v) is 5.17. The van der Waals surface area contributed by atoms with Crippen LogP contribution < -0.4 is 4.74 Å². The van der Waals surface area contributed by atoms with Gasteiger partial charge in [0, 0.05) is 11.6 Å². The molecule has 0 fully saturated rings. The molecule has 0 aliphatic carbocycles. The Labute approximate surface area is 153 Å². The zero-order chi connectivity index (χ0) is 18.8. The van der Waals surface area contributed by atoms with Crippen LogP contribution in [0.4, 0.5) is 0 Å². The summed E-state index contributed by atoms with van der Waals surface area (Å²) in [5.41, 5.74) is 1.84. The van der Waals surface area contributed by atoms with Crippen molar-refractivity contribution in [3.05, 3.63) is 65.2 Å². The summed E-state index contributed by atoms with van der Waals surface area (Å²) in [4.78, 5) is 27.1. The van der Waals surface area contributed by atoms with Crippen LogP contribution in [0.3, 0.4) is 0 Å². The van der Waals surface area contributed by atoms with Crippen LogP contribution in [0, 0.1) is 0 Å². The van der Waals surface area contributed by atoms with Crippen LogP contribution in [0.25, 0.3) is 0 Å². The van der Waals surface area contributed by atoms with Gasteiger partial charge in [0.05, 0.1) is 13.2 Å². The number of nitrogens with zero attached hydrogens (tertiary/aromatic N) is 1. The van der Waals surface area contributed by atoms with Gasteiger partial charge in [-0.25, -0.2) is 0 Å². The fourth-order valence-electron chi connectivity index (χ4n) is 3.65. The molecule has 0 saturated carbocycles. The van der Waals surface area contributed by atoms with E-state index in [9.17, 15) is 14.7 Å². The highest BCUT2D eigenvalue weighted by atomic mass is 16.5. The van der Waals surface area contributed by atoms with Gasteiger partial charge in [-0.05, 0) is 42.7 Å². The number of carboxylic acid groups (broad SMARTS) is 1. The molecule has 136 valence electrons. The molecule has 1 aliphatic heterocycles. The van der Waals surface area contributed by atoms with E-state index in [0.29, 0.717) is 16.9 Å². The van der Waals surface area contributed by atoms with E-state index in [2.05, 4.69) is 0 Å². The molecule has 1 aliphatic rings. The Kier molecular flexibility index (Phi) is 4.98. The summed E-state index contributed by atoms with van der Waals surface area (Å²) >= 11 is 0. The number of carboxylic acids is 1. The molecule has 1 N–H and O–H groups in total. The molecule has 2 aromatic rings. The summed E-state index contributed by atoms with van der Waals surface area (Å²) < 4.78 is 5.21. The Morgan fingerprint density at radius 3 is 2.42 bits per heavy atom. The Morgan fingerprint density at radius 1 is 1.19 bits per heavy atom. The van der Waals surface area contributed by atoms with E-state index in [1.807, 2.05) is 26.0 Å². The zero-order valence-electron chi connectivity index (χ0n) is 15.2. The number of aliphatic carboxylic acids is 1. The van der Waals surface area contributed by atoms with Gasteiger partial charge in [-0.1, -0.05) is 37.3 Å². The molecular formula is C21H23NO4. The van der Waals surface area contributed by atoms with Gasteiger partial charge in [-0.15, -0.1) is 0 Å². The van der Waals surface area contributed by atoms with Crippen molar-refractivity contribution in [1.82, 2.24) is 4.90 Å². The number of carbonyl (C=O) groups excluding carboxylic acids is 1. The lowest BCUT2D eigenvalue weighted by Gasteiger charge is -2.44. The molecule has 0 spiro atoms. The van der Waals surface area contributed by atoms with Gasteiger partial charge >= 0.3 is 5.97 Å². The second-order valence-electron chi connectivity index (χ2n) is 6.59. The van der Waals surface area contributed by atoms with Crippen molar-refractivity contribution in [2.45, 2.75) is 38.3 Å². The predicted octanol–water partition coefficient (Wildman–Crippen LogP) is 3.86. The minimum atomic E-state index is -0.931. The molecule has 5 heteroatoms. The molecule has 0 radical (unpaired) electrons. The van der Waals surface area contributed by atoms with Crippen LogP contribution in [0.1, 0.15) is 53.7 Å². The summed E-state index contributed by atoms with van der Waals surface area (Å²) in [6.45, 7) is 3.96. The minimum Gasteiger partial charge on any atom is -0.497 e. The molecule has 26 heavy (non-hydrogen) atoms. The smallest absolute Gasteiger partial charge is 0.313 e. The number of carbonyl (C=O) groups is 2. The first kappa shape index (κ1) is 18.0. The van der Waals surface area contributed by atoms with Gasteiger partial charge in [0.2, 0.25) is 0 Å². The number of hydrogen-bond donors (Lipinski definition) is 1. The first-order valence-electron chi connectivity index (χ1n) is 8.78. The van der Waals surface area contributed by atoms with E-state index in [4.69, 9.17) is 4.74 Å². The number of rotatable bonds is 5. The third kappa shape index (κ3) is 2.94. The van der Waals surface area contributed by atoms with Gasteiger partial charge in [0.1, 0.15) is 11.7 Å². The molecule has 0 bridgehead atoms. The maximum absolute atomic E-state index is 13.2. The fourth-order valence-corrected chi connectivity index (χ4v) is 3.65. The summed E-state index contributed by atoms with van der Waals surface area (Å²) in [5, 5.41) is 10.0. The standard InChI is InChI=1S/C21H23NO4/c1-4-13(2)22-19(14-9-11-15(26-3)12-10-14)18(21(24)25)16-7-5-6-8-17(16)20(22)23/h5-13,18-19H,4H2,1-3H3,(H,24,25)/t13-,18-,19-/m1/s1. The average Bonchev–Trinajstić information content (AvgIpc) is 2.67. The molecule has 1 heterocycles. The number of amides is 1. The Hall–Kier alpha value is -2.82. The lowest BCUT2D eigenvalue weighted by atomic mass is 9.79. The molecule has 0 saturated heterocycles. The van der Waals surface area contributed by atoms with E-state index in [1.54, 1.807) is 48.4 Å². The van der Waals surface area contributed by atoms with Crippen molar-refractivity contribution in [2.24, 2.45) is 0 Å². The molecule has 2 aromatic carbocycles. The molecule has 0 aromatic heterocycles. The molecule has 5 nitrogen and oxygen atoms in total. The van der Waals surface area contributed by atoms with Crippen LogP contribution in [-0.4, -0.2) is 35.0 Å². The van der Waals surface area contributed by atoms with Crippen molar-refractivity contribution < 1.29 is 19.4 Å². The van der Waals surface area contributed by atoms with Crippen molar-refractivity contribution in [3.63, 3.8) is 0 Å². The quantitative estimate of drug-likeness (QED) is 0.886. The second kappa shape index (κ2) is 7.20. The molecular weight excluding hydrogens is 330 g/mol. The number of methoxy groups -OCH3 is 1. The van der Waals surface area contributed by atoms with Crippen LogP contribution in [0.5, 0.6) is 5.75 Å². The number of ether oxygens (including phenoxy) is 1. The summed E-state index contributed by atoms with van der Waals surface area (Å²) in [5.74, 6) is -1.17. The first-order chi connectivity index (χ1) is 12.5. The molecule has 1 amide bonds. The predicted molar refractivity (Wildman–Crippen MR) is 98.5 cm³/mol. The van der Waals surface area contributed by atoms with Gasteiger partial charge in [0.15, 0.2) is 0 Å². The monoisotopic (exact) mass is 353 g/mol. The van der Waals surface area contributed by atoms with Crippen molar-refractivity contribution in [3.8, 4) is 5.75 Å². The van der Waals surface area contributed by atoms with E-state index in [0.717, 1.165) is 12.0 Å². The third-order valence-electron chi connectivity index (χ3n) is 5.17. The lowest BCUT2D eigenvalue weighted by molar-refractivity contribution is -0.140. The SMILES string of the molecule is CC[C@@H](C)N1C(=O)c2ccccc2[C@@H](C(=O)O)[C@H]1c1ccc(OC)cc1. The van der Waals surface area contributed by atoms with Crippen molar-refractivity contribution >= 4 is 11.9 Å². The zero-order valence-corrected chi connectivity index (χ0v) is 15.2. The summed E-state index contributed by atoms with van der Waals surface area (Å²) in [7, 11) is 1.58. The number of fused-ring (bicyclic) bond motifs is 1. The minimum absolute atomic E-state index is 0.0789. The molecule has 3 rings (SSSR count). The van der Waals surface area contributed by atoms with E-state index in [-0.39, 0.29) is 11.9 Å². The Balaban J connectivity index is 2.21. The Morgan fingerprint density at radius 2 is 1.85 bits per heavy atom. The summed E-state index contributed by atoms with van der Waals surface area (Å²) in [6, 6.07) is 13.7. The maximum atomic E-state index is 13.2. The topological polar surface area (TPSA) is 66.8 Å². The van der Waals surface area contributed by atoms with Crippen LogP contribution in [0.15, 0.2) is 48.5 Å². The normalized spacial score (nSPS) is 20.4. The van der Waals surface area contributed by atoms with Crippen LogP contribution in [0.2, 0.25) is 0 Å². The van der Waals surface area contributed by atoms with Crippen molar-refractivity contribution in [1.29, 1.82) is 0 Å². The highest BCUT2D eigenvalue weighted by molar-refractivity contribution is 6.00. The maximum Gasteiger partial charge on any atom is 0.313 e. The highest BCUT2D eigenvalue weighted by Gasteiger charge is 2.45. The Bertz CT molecular complexity index is 815. The van der Waals surface area contributed by atoms with E-state index >= 15 is 0 Å². The van der Waals surface area contributed by atoms with Gasteiger partial charge in [-0.2, -0.15) is 0 Å². The van der Waals surface area contributed by atoms with Gasteiger partial charge < -0.3 is 14.7 Å². The lowest BCUT2D eigenvalue weighted by Crippen LogP contribution is -2.48. The number of hydrogen-bond acceptors (Lipinski definition) is 3. The molecule has 0 unspecified atom stereocenters. The first-order valence-corrected chi connectivity index (χ1v) is 8.78. The average molecular weight is 353 g/mol. The van der Waals surface area contributed by atoms with Crippen LogP contribution in [-0.2, 0) is 4.79 Å². The number of benzene rings is 2. The van der Waals surface area contributed by atoms with E-state index < -0.39 is 17.9 Å². The van der Waals surface area contributed by atoms with Gasteiger partial charge in [0.25, 0.3) is 5.91 Å².